The minimum absolute atomic E-state index is 0.139. The molecule has 0 saturated heterocycles. The van der Waals surface area contributed by atoms with Crippen molar-refractivity contribution in [3.8, 4) is 0 Å². The van der Waals surface area contributed by atoms with Gasteiger partial charge in [0.25, 0.3) is 0 Å². The number of rotatable bonds is 5. The van der Waals surface area contributed by atoms with Crippen molar-refractivity contribution in [3.05, 3.63) is 58.5 Å². The smallest absolute Gasteiger partial charge is 0.419 e. The number of benzene rings is 1. The molecule has 2 N–H and O–H groups in total. The Hall–Kier alpha value is -2.55. The highest BCUT2D eigenvalue weighted by molar-refractivity contribution is 6.30. The van der Waals surface area contributed by atoms with Gasteiger partial charge in [-0.1, -0.05) is 41.9 Å². The molecule has 0 spiro atoms. The number of alkyl carbamates (subject to hydrolysis) is 1. The molecule has 162 valence electrons. The van der Waals surface area contributed by atoms with Gasteiger partial charge in [0.05, 0.1) is 5.56 Å². The number of carbonyl (C=O) groups is 1. The van der Waals surface area contributed by atoms with Crippen LogP contribution in [0, 0.1) is 5.82 Å². The van der Waals surface area contributed by atoms with Crippen molar-refractivity contribution in [2.45, 2.75) is 50.6 Å². The van der Waals surface area contributed by atoms with E-state index in [2.05, 4.69) is 15.6 Å². The second-order valence-corrected chi connectivity index (χ2v) is 7.42. The number of hydrogen-bond acceptors (Lipinski definition) is 4. The summed E-state index contributed by atoms with van der Waals surface area (Å²) in [7, 11) is 0. The van der Waals surface area contributed by atoms with Gasteiger partial charge >= 0.3 is 12.3 Å². The molecule has 1 amide bonds. The highest BCUT2D eigenvalue weighted by atomic mass is 35.5. The number of halogens is 5. The van der Waals surface area contributed by atoms with E-state index in [0.29, 0.717) is 25.3 Å². The average molecular weight is 446 g/mol. The van der Waals surface area contributed by atoms with Gasteiger partial charge in [-0.2, -0.15) is 13.2 Å². The maximum absolute atomic E-state index is 14.1. The molecule has 1 saturated carbocycles. The van der Waals surface area contributed by atoms with Crippen molar-refractivity contribution in [2.75, 3.05) is 5.32 Å². The van der Waals surface area contributed by atoms with Crippen molar-refractivity contribution in [1.29, 1.82) is 0 Å². The van der Waals surface area contributed by atoms with Gasteiger partial charge in [-0.3, -0.25) is 0 Å². The van der Waals surface area contributed by atoms with Gasteiger partial charge in [0, 0.05) is 12.1 Å². The van der Waals surface area contributed by atoms with Crippen LogP contribution >= 0.6 is 11.6 Å². The Labute approximate surface area is 175 Å². The van der Waals surface area contributed by atoms with Gasteiger partial charge in [0.15, 0.2) is 11.6 Å². The molecule has 1 heterocycles. The Bertz CT molecular complexity index is 880. The maximum atomic E-state index is 14.1. The van der Waals surface area contributed by atoms with Crippen molar-refractivity contribution in [3.63, 3.8) is 0 Å². The van der Waals surface area contributed by atoms with E-state index < -0.39 is 28.8 Å². The van der Waals surface area contributed by atoms with Crippen LogP contribution in [0.2, 0.25) is 5.15 Å². The Morgan fingerprint density at radius 3 is 2.60 bits per heavy atom. The van der Waals surface area contributed by atoms with Crippen molar-refractivity contribution < 1.29 is 27.1 Å². The predicted octanol–water partition coefficient (Wildman–Crippen LogP) is 5.54. The molecule has 10 heteroatoms. The lowest BCUT2D eigenvalue weighted by Crippen LogP contribution is -2.42. The monoisotopic (exact) mass is 445 g/mol. The SMILES string of the molecule is O=C(N[C@H]1CCC[C@@H](Nc2nc(Cl)c(C(F)(F)F)cc2F)C1)OCc1ccccc1. The molecule has 0 bridgehead atoms. The Morgan fingerprint density at radius 1 is 1.20 bits per heavy atom. The molecular formula is C20H20ClF4N3O2. The van der Waals surface area contributed by atoms with Crippen LogP contribution in [-0.4, -0.2) is 23.2 Å². The van der Waals surface area contributed by atoms with Crippen LogP contribution < -0.4 is 10.6 Å². The van der Waals surface area contributed by atoms with Crippen LogP contribution in [0.3, 0.4) is 0 Å². The first-order chi connectivity index (χ1) is 14.2. The van der Waals surface area contributed by atoms with E-state index in [4.69, 9.17) is 16.3 Å². The minimum atomic E-state index is -4.79. The number of nitrogens with zero attached hydrogens (tertiary/aromatic N) is 1. The number of hydrogen-bond donors (Lipinski definition) is 2. The number of nitrogens with one attached hydrogen (secondary N) is 2. The summed E-state index contributed by atoms with van der Waals surface area (Å²) in [5.41, 5.74) is -0.465. The number of amides is 1. The van der Waals surface area contributed by atoms with E-state index in [1.165, 1.54) is 0 Å². The number of anilines is 1. The number of alkyl halides is 3. The fraction of sp³-hybridized carbons (Fsp3) is 0.400. The molecule has 3 rings (SSSR count). The quantitative estimate of drug-likeness (QED) is 0.468. The molecule has 2 atom stereocenters. The average Bonchev–Trinajstić information content (AvgIpc) is 2.69. The van der Waals surface area contributed by atoms with E-state index in [-0.39, 0.29) is 24.5 Å². The summed E-state index contributed by atoms with van der Waals surface area (Å²) in [4.78, 5) is 15.6. The Morgan fingerprint density at radius 2 is 1.90 bits per heavy atom. The molecule has 1 aromatic heterocycles. The standard InChI is InChI=1S/C20H20ClF4N3O2/c21-17-15(20(23,24)25)10-16(22)18(28-17)26-13-7-4-8-14(9-13)27-19(29)30-11-12-5-2-1-3-6-12/h1-3,5-6,10,13-14H,4,7-9,11H2,(H,26,28)(H,27,29)/t13-,14+/m1/s1. The summed E-state index contributed by atoms with van der Waals surface area (Å²) in [5.74, 6) is -1.48. The topological polar surface area (TPSA) is 63.2 Å². The first kappa shape index (κ1) is 22.1. The third-order valence-corrected chi connectivity index (χ3v) is 5.07. The van der Waals surface area contributed by atoms with Gasteiger partial charge in [-0.05, 0) is 37.3 Å². The molecule has 1 aromatic carbocycles. The van der Waals surface area contributed by atoms with Crippen LogP contribution in [0.15, 0.2) is 36.4 Å². The van der Waals surface area contributed by atoms with Crippen LogP contribution in [0.5, 0.6) is 0 Å². The first-order valence-electron chi connectivity index (χ1n) is 9.39. The molecule has 1 aliphatic carbocycles. The molecule has 0 unspecified atom stereocenters. The number of aromatic nitrogens is 1. The summed E-state index contributed by atoms with van der Waals surface area (Å²) < 4.78 is 57.7. The minimum Gasteiger partial charge on any atom is -0.445 e. The van der Waals surface area contributed by atoms with E-state index >= 15 is 0 Å². The van der Waals surface area contributed by atoms with Crippen molar-refractivity contribution >= 4 is 23.5 Å². The molecule has 0 aliphatic heterocycles. The van der Waals surface area contributed by atoms with Gasteiger partial charge in [-0.25, -0.2) is 14.2 Å². The molecule has 1 aliphatic rings. The number of ether oxygens (including phenoxy) is 1. The van der Waals surface area contributed by atoms with Gasteiger partial charge < -0.3 is 15.4 Å². The molecule has 5 nitrogen and oxygen atoms in total. The molecule has 0 radical (unpaired) electrons. The van der Waals surface area contributed by atoms with Crippen LogP contribution in [-0.2, 0) is 17.5 Å². The van der Waals surface area contributed by atoms with Crippen molar-refractivity contribution in [2.24, 2.45) is 0 Å². The van der Waals surface area contributed by atoms with Crippen LogP contribution in [0.1, 0.15) is 36.8 Å². The second-order valence-electron chi connectivity index (χ2n) is 7.07. The van der Waals surface area contributed by atoms with Crippen LogP contribution in [0.4, 0.5) is 28.2 Å². The highest BCUT2D eigenvalue weighted by Crippen LogP contribution is 2.35. The largest absolute Gasteiger partial charge is 0.445 e. The lowest BCUT2D eigenvalue weighted by Gasteiger charge is -2.30. The zero-order chi connectivity index (χ0) is 21.7. The summed E-state index contributed by atoms with van der Waals surface area (Å²) in [6, 6.07) is 9.05. The summed E-state index contributed by atoms with van der Waals surface area (Å²) in [5, 5.41) is 4.75. The maximum Gasteiger partial charge on any atom is 0.419 e. The van der Waals surface area contributed by atoms with Crippen molar-refractivity contribution in [1.82, 2.24) is 10.3 Å². The zero-order valence-corrected chi connectivity index (χ0v) is 16.6. The predicted molar refractivity (Wildman–Crippen MR) is 104 cm³/mol. The lowest BCUT2D eigenvalue weighted by atomic mass is 9.91. The summed E-state index contributed by atoms with van der Waals surface area (Å²) >= 11 is 5.58. The molecule has 1 fully saturated rings. The summed E-state index contributed by atoms with van der Waals surface area (Å²) in [6.07, 6.45) is -2.81. The fourth-order valence-electron chi connectivity index (χ4n) is 3.34. The van der Waals surface area contributed by atoms with E-state index in [9.17, 15) is 22.4 Å². The first-order valence-corrected chi connectivity index (χ1v) is 9.77. The van der Waals surface area contributed by atoms with E-state index in [0.717, 1.165) is 12.0 Å². The van der Waals surface area contributed by atoms with Gasteiger partial charge in [0.1, 0.15) is 11.8 Å². The number of carbonyl (C=O) groups excluding carboxylic acids is 1. The zero-order valence-electron chi connectivity index (χ0n) is 15.8. The second kappa shape index (κ2) is 9.51. The molecular weight excluding hydrogens is 426 g/mol. The van der Waals surface area contributed by atoms with Gasteiger partial charge in [-0.15, -0.1) is 0 Å². The van der Waals surface area contributed by atoms with E-state index in [1.54, 1.807) is 0 Å². The third-order valence-electron chi connectivity index (χ3n) is 4.78. The Balaban J connectivity index is 1.55. The van der Waals surface area contributed by atoms with Crippen LogP contribution in [0.25, 0.3) is 0 Å². The third kappa shape index (κ3) is 5.98. The lowest BCUT2D eigenvalue weighted by molar-refractivity contribution is -0.137. The Kier molecular flexibility index (Phi) is 7.02. The molecule has 2 aromatic rings. The fourth-order valence-corrected chi connectivity index (χ4v) is 3.59. The molecule has 30 heavy (non-hydrogen) atoms. The normalized spacial score (nSPS) is 19.2. The van der Waals surface area contributed by atoms with Gasteiger partial charge in [0.2, 0.25) is 0 Å². The highest BCUT2D eigenvalue weighted by Gasteiger charge is 2.35. The van der Waals surface area contributed by atoms with E-state index in [1.807, 2.05) is 30.3 Å². The summed E-state index contributed by atoms with van der Waals surface area (Å²) in [6.45, 7) is 0.139. The number of pyridine rings is 1.